The second kappa shape index (κ2) is 7.07. The number of hydrogen-bond donors (Lipinski definition) is 1. The molecule has 0 unspecified atom stereocenters. The molecule has 0 spiro atoms. The van der Waals surface area contributed by atoms with Gasteiger partial charge in [-0.15, -0.1) is 12.4 Å². The summed E-state index contributed by atoms with van der Waals surface area (Å²) >= 11 is 0. The minimum Gasteiger partial charge on any atom is -0.466 e. The van der Waals surface area contributed by atoms with Crippen molar-refractivity contribution in [2.24, 2.45) is 17.6 Å². The Labute approximate surface area is 91.8 Å². The quantitative estimate of drug-likeness (QED) is 0.739. The third kappa shape index (κ3) is 3.46. The number of rotatable bonds is 3. The third-order valence-electron chi connectivity index (χ3n) is 2.80. The predicted octanol–water partition coefficient (Wildman–Crippen LogP) is 1.74. The average molecular weight is 222 g/mol. The molecule has 84 valence electrons. The molecule has 0 heterocycles. The lowest BCUT2D eigenvalue weighted by atomic mass is 9.79. The third-order valence-corrected chi connectivity index (χ3v) is 2.80. The summed E-state index contributed by atoms with van der Waals surface area (Å²) in [7, 11) is 0. The van der Waals surface area contributed by atoms with Crippen LogP contribution in [0, 0.1) is 11.8 Å². The zero-order chi connectivity index (χ0) is 9.68. The highest BCUT2D eigenvalue weighted by molar-refractivity contribution is 5.85. The van der Waals surface area contributed by atoms with E-state index in [1.165, 1.54) is 6.42 Å². The molecule has 3 nitrogen and oxygen atoms in total. The summed E-state index contributed by atoms with van der Waals surface area (Å²) in [5.41, 5.74) is 5.62. The van der Waals surface area contributed by atoms with E-state index < -0.39 is 0 Å². The Morgan fingerprint density at radius 3 is 2.64 bits per heavy atom. The van der Waals surface area contributed by atoms with Gasteiger partial charge in [-0.05, 0) is 32.2 Å². The predicted molar refractivity (Wildman–Crippen MR) is 58.4 cm³/mol. The number of esters is 1. The first-order chi connectivity index (χ1) is 6.29. The van der Waals surface area contributed by atoms with Gasteiger partial charge < -0.3 is 10.5 Å². The average Bonchev–Trinajstić information content (AvgIpc) is 2.18. The largest absolute Gasteiger partial charge is 0.466 e. The Kier molecular flexibility index (Phi) is 6.93. The van der Waals surface area contributed by atoms with Crippen LogP contribution in [-0.2, 0) is 9.53 Å². The second-order valence-electron chi connectivity index (χ2n) is 3.64. The fourth-order valence-corrected chi connectivity index (χ4v) is 2.05. The minimum atomic E-state index is -0.0438. The van der Waals surface area contributed by atoms with Gasteiger partial charge in [-0.25, -0.2) is 0 Å². The molecule has 0 aliphatic heterocycles. The van der Waals surface area contributed by atoms with E-state index in [4.69, 9.17) is 10.5 Å². The Morgan fingerprint density at radius 1 is 1.43 bits per heavy atom. The molecule has 0 saturated heterocycles. The van der Waals surface area contributed by atoms with Gasteiger partial charge in [0.25, 0.3) is 0 Å². The number of halogens is 1. The van der Waals surface area contributed by atoms with Crippen molar-refractivity contribution in [1.29, 1.82) is 0 Å². The van der Waals surface area contributed by atoms with Crippen molar-refractivity contribution in [2.45, 2.75) is 32.6 Å². The van der Waals surface area contributed by atoms with Gasteiger partial charge in [0.1, 0.15) is 0 Å². The molecule has 2 atom stereocenters. The molecule has 0 radical (unpaired) electrons. The molecular formula is C10H20ClNO2. The van der Waals surface area contributed by atoms with E-state index in [9.17, 15) is 4.79 Å². The normalized spacial score (nSPS) is 26.4. The van der Waals surface area contributed by atoms with Crippen LogP contribution in [0.15, 0.2) is 0 Å². The van der Waals surface area contributed by atoms with Crippen LogP contribution in [-0.4, -0.2) is 19.1 Å². The highest BCUT2D eigenvalue weighted by Crippen LogP contribution is 2.30. The molecule has 1 saturated carbocycles. The molecule has 1 aliphatic carbocycles. The first kappa shape index (κ1) is 13.7. The van der Waals surface area contributed by atoms with Gasteiger partial charge in [-0.3, -0.25) is 4.79 Å². The van der Waals surface area contributed by atoms with Crippen molar-refractivity contribution < 1.29 is 9.53 Å². The Hall–Kier alpha value is -0.280. The molecule has 14 heavy (non-hydrogen) atoms. The molecular weight excluding hydrogens is 202 g/mol. The number of carbonyl (C=O) groups excluding carboxylic acids is 1. The summed E-state index contributed by atoms with van der Waals surface area (Å²) in [6.45, 7) is 2.94. The fourth-order valence-electron chi connectivity index (χ4n) is 2.05. The molecule has 0 aromatic carbocycles. The maximum Gasteiger partial charge on any atom is 0.309 e. The molecule has 4 heteroatoms. The van der Waals surface area contributed by atoms with Crippen LogP contribution in [0.2, 0.25) is 0 Å². The summed E-state index contributed by atoms with van der Waals surface area (Å²) in [5.74, 6) is 0.379. The van der Waals surface area contributed by atoms with Crippen LogP contribution in [0.1, 0.15) is 32.6 Å². The van der Waals surface area contributed by atoms with Crippen LogP contribution >= 0.6 is 12.4 Å². The summed E-state index contributed by atoms with van der Waals surface area (Å²) in [6.07, 6.45) is 4.39. The monoisotopic (exact) mass is 221 g/mol. The molecule has 1 fully saturated rings. The molecule has 0 aromatic rings. The van der Waals surface area contributed by atoms with Crippen LogP contribution in [0.4, 0.5) is 0 Å². The van der Waals surface area contributed by atoms with Crippen molar-refractivity contribution in [3.8, 4) is 0 Å². The lowest BCUT2D eigenvalue weighted by Crippen LogP contribution is -2.33. The van der Waals surface area contributed by atoms with Gasteiger partial charge in [-0.1, -0.05) is 12.8 Å². The zero-order valence-electron chi connectivity index (χ0n) is 8.70. The summed E-state index contributed by atoms with van der Waals surface area (Å²) < 4.78 is 5.02. The standard InChI is InChI=1S/C10H19NO2.ClH/c1-2-13-10(12)9-6-4-3-5-8(9)7-11;/h8-9H,2-7,11H2,1H3;1H/t8-,9-;/m1./s1. The Morgan fingerprint density at radius 2 is 2.07 bits per heavy atom. The van der Waals surface area contributed by atoms with E-state index in [2.05, 4.69) is 0 Å². The van der Waals surface area contributed by atoms with Crippen LogP contribution in [0.25, 0.3) is 0 Å². The molecule has 0 amide bonds. The SMILES string of the molecule is CCOC(=O)[C@@H]1CCCC[C@@H]1CN.Cl. The van der Waals surface area contributed by atoms with Crippen molar-refractivity contribution in [1.82, 2.24) is 0 Å². The second-order valence-corrected chi connectivity index (χ2v) is 3.64. The molecule has 2 N–H and O–H groups in total. The Bertz CT molecular complexity index is 176. The van der Waals surface area contributed by atoms with Gasteiger partial charge in [0.2, 0.25) is 0 Å². The number of nitrogens with two attached hydrogens (primary N) is 1. The van der Waals surface area contributed by atoms with E-state index in [1.807, 2.05) is 6.92 Å². The van der Waals surface area contributed by atoms with E-state index in [1.54, 1.807) is 0 Å². The first-order valence-corrected chi connectivity index (χ1v) is 5.16. The van der Waals surface area contributed by atoms with E-state index in [0.717, 1.165) is 19.3 Å². The van der Waals surface area contributed by atoms with Gasteiger partial charge in [-0.2, -0.15) is 0 Å². The molecule has 1 aliphatic rings. The van der Waals surface area contributed by atoms with Crippen LogP contribution in [0.5, 0.6) is 0 Å². The highest BCUT2D eigenvalue weighted by Gasteiger charge is 2.30. The molecule has 1 rings (SSSR count). The highest BCUT2D eigenvalue weighted by atomic mass is 35.5. The lowest BCUT2D eigenvalue weighted by molar-refractivity contribution is -0.151. The van der Waals surface area contributed by atoms with E-state index in [0.29, 0.717) is 19.1 Å². The van der Waals surface area contributed by atoms with Gasteiger partial charge in [0, 0.05) is 0 Å². The Balaban J connectivity index is 0.00000169. The first-order valence-electron chi connectivity index (χ1n) is 5.16. The van der Waals surface area contributed by atoms with Crippen molar-refractivity contribution >= 4 is 18.4 Å². The zero-order valence-corrected chi connectivity index (χ0v) is 9.52. The number of hydrogen-bond acceptors (Lipinski definition) is 3. The number of carbonyl (C=O) groups is 1. The van der Waals surface area contributed by atoms with Crippen molar-refractivity contribution in [2.75, 3.05) is 13.2 Å². The summed E-state index contributed by atoms with van der Waals surface area (Å²) in [6, 6.07) is 0. The van der Waals surface area contributed by atoms with E-state index in [-0.39, 0.29) is 24.3 Å². The summed E-state index contributed by atoms with van der Waals surface area (Å²) in [5, 5.41) is 0. The topological polar surface area (TPSA) is 52.3 Å². The van der Waals surface area contributed by atoms with E-state index >= 15 is 0 Å². The van der Waals surface area contributed by atoms with Gasteiger partial charge >= 0.3 is 5.97 Å². The van der Waals surface area contributed by atoms with Gasteiger partial charge in [0.15, 0.2) is 0 Å². The fraction of sp³-hybridized carbons (Fsp3) is 0.900. The smallest absolute Gasteiger partial charge is 0.309 e. The van der Waals surface area contributed by atoms with Crippen molar-refractivity contribution in [3.05, 3.63) is 0 Å². The van der Waals surface area contributed by atoms with Gasteiger partial charge in [0.05, 0.1) is 12.5 Å². The molecule has 0 aromatic heterocycles. The molecule has 0 bridgehead atoms. The minimum absolute atomic E-state index is 0. The van der Waals surface area contributed by atoms with Crippen LogP contribution < -0.4 is 5.73 Å². The summed E-state index contributed by atoms with van der Waals surface area (Å²) in [4.78, 5) is 11.5. The maximum atomic E-state index is 11.5. The maximum absolute atomic E-state index is 11.5. The van der Waals surface area contributed by atoms with Crippen molar-refractivity contribution in [3.63, 3.8) is 0 Å². The lowest BCUT2D eigenvalue weighted by Gasteiger charge is -2.28. The number of ether oxygens (including phenoxy) is 1. The van der Waals surface area contributed by atoms with Crippen LogP contribution in [0.3, 0.4) is 0 Å².